The molecule has 0 unspecified atom stereocenters. The molecule has 2 aromatic rings. The molecule has 1 aromatic heterocycles. The van der Waals surface area contributed by atoms with Gasteiger partial charge in [0.25, 0.3) is 0 Å². The molecule has 0 amide bonds. The summed E-state index contributed by atoms with van der Waals surface area (Å²) >= 11 is 6.07. The van der Waals surface area contributed by atoms with Crippen molar-refractivity contribution in [3.05, 3.63) is 47.5 Å². The predicted octanol–water partition coefficient (Wildman–Crippen LogP) is 3.91. The second-order valence-electron chi connectivity index (χ2n) is 3.54. The van der Waals surface area contributed by atoms with E-state index in [2.05, 4.69) is 15.6 Å². The van der Waals surface area contributed by atoms with Crippen LogP contribution in [0.4, 0.5) is 17.3 Å². The van der Waals surface area contributed by atoms with E-state index in [9.17, 15) is 0 Å². The number of anilines is 3. The minimum absolute atomic E-state index is 0.683. The Morgan fingerprint density at radius 1 is 1.06 bits per heavy atom. The van der Waals surface area contributed by atoms with Crippen LogP contribution in [-0.4, -0.2) is 11.5 Å². The van der Waals surface area contributed by atoms with E-state index >= 15 is 0 Å². The van der Waals surface area contributed by atoms with Crippen LogP contribution in [0.15, 0.2) is 42.5 Å². The molecule has 0 bridgehead atoms. The lowest BCUT2D eigenvalue weighted by atomic mass is 10.3. The molecule has 88 valence electrons. The number of nitrogens with one attached hydrogen (secondary N) is 2. The molecule has 0 atom stereocenters. The van der Waals surface area contributed by atoms with Gasteiger partial charge in [0.1, 0.15) is 11.6 Å². The third-order valence-electron chi connectivity index (χ3n) is 2.24. The molecule has 0 radical (unpaired) electrons. The molecule has 0 aliphatic heterocycles. The second-order valence-corrected chi connectivity index (χ2v) is 3.95. The van der Waals surface area contributed by atoms with Gasteiger partial charge < -0.3 is 10.6 Å². The van der Waals surface area contributed by atoms with E-state index in [1.165, 1.54) is 0 Å². The number of aromatic nitrogens is 1. The zero-order chi connectivity index (χ0) is 12.1. The maximum Gasteiger partial charge on any atom is 0.132 e. The van der Waals surface area contributed by atoms with E-state index in [0.717, 1.165) is 23.9 Å². The van der Waals surface area contributed by atoms with Crippen molar-refractivity contribution in [1.29, 1.82) is 0 Å². The van der Waals surface area contributed by atoms with Crippen LogP contribution in [0.2, 0.25) is 5.02 Å². The fraction of sp³-hybridized carbons (Fsp3) is 0.154. The monoisotopic (exact) mass is 247 g/mol. The highest BCUT2D eigenvalue weighted by atomic mass is 35.5. The molecular formula is C13H14ClN3. The largest absolute Gasteiger partial charge is 0.370 e. The standard InChI is InChI=1S/C13H14ClN3/c1-2-15-12-8-5-9-13(17-12)16-11-7-4-3-6-10(11)14/h3-9H,2H2,1H3,(H2,15,16,17). The zero-order valence-electron chi connectivity index (χ0n) is 9.57. The predicted molar refractivity (Wildman–Crippen MR) is 73.1 cm³/mol. The quantitative estimate of drug-likeness (QED) is 0.860. The Morgan fingerprint density at radius 3 is 2.59 bits per heavy atom. The van der Waals surface area contributed by atoms with Gasteiger partial charge in [-0.15, -0.1) is 0 Å². The summed E-state index contributed by atoms with van der Waals surface area (Å²) in [5.41, 5.74) is 0.857. The summed E-state index contributed by atoms with van der Waals surface area (Å²) in [6.07, 6.45) is 0. The summed E-state index contributed by atoms with van der Waals surface area (Å²) in [7, 11) is 0. The van der Waals surface area contributed by atoms with Crippen molar-refractivity contribution in [2.75, 3.05) is 17.2 Å². The summed E-state index contributed by atoms with van der Waals surface area (Å²) in [4.78, 5) is 4.42. The molecule has 0 fully saturated rings. The molecule has 3 nitrogen and oxygen atoms in total. The minimum atomic E-state index is 0.683. The van der Waals surface area contributed by atoms with Crippen molar-refractivity contribution in [3.63, 3.8) is 0 Å². The maximum atomic E-state index is 6.07. The summed E-state index contributed by atoms with van der Waals surface area (Å²) in [5, 5.41) is 7.04. The van der Waals surface area contributed by atoms with Gasteiger partial charge in [0, 0.05) is 6.54 Å². The Bertz CT molecular complexity index is 500. The van der Waals surface area contributed by atoms with Crippen LogP contribution in [0.3, 0.4) is 0 Å². The first kappa shape index (κ1) is 11.7. The number of hydrogen-bond acceptors (Lipinski definition) is 3. The first-order valence-electron chi connectivity index (χ1n) is 5.52. The summed E-state index contributed by atoms with van der Waals surface area (Å²) in [6, 6.07) is 13.4. The van der Waals surface area contributed by atoms with E-state index in [1.54, 1.807) is 0 Å². The number of halogens is 1. The molecule has 17 heavy (non-hydrogen) atoms. The third-order valence-corrected chi connectivity index (χ3v) is 2.57. The molecule has 1 aromatic carbocycles. The molecule has 0 saturated heterocycles. The van der Waals surface area contributed by atoms with Gasteiger partial charge in [0.15, 0.2) is 0 Å². The Kier molecular flexibility index (Phi) is 3.83. The minimum Gasteiger partial charge on any atom is -0.370 e. The molecule has 2 rings (SSSR count). The highest BCUT2D eigenvalue weighted by molar-refractivity contribution is 6.33. The number of rotatable bonds is 4. The summed E-state index contributed by atoms with van der Waals surface area (Å²) in [6.45, 7) is 2.89. The highest BCUT2D eigenvalue weighted by Gasteiger charge is 2.00. The molecule has 0 saturated carbocycles. The van der Waals surface area contributed by atoms with Gasteiger partial charge in [-0.05, 0) is 31.2 Å². The fourth-order valence-corrected chi connectivity index (χ4v) is 1.67. The number of pyridine rings is 1. The zero-order valence-corrected chi connectivity index (χ0v) is 10.3. The van der Waals surface area contributed by atoms with E-state index < -0.39 is 0 Å². The molecular weight excluding hydrogens is 234 g/mol. The van der Waals surface area contributed by atoms with Crippen LogP contribution in [-0.2, 0) is 0 Å². The average molecular weight is 248 g/mol. The van der Waals surface area contributed by atoms with Gasteiger partial charge in [0.2, 0.25) is 0 Å². The number of benzene rings is 1. The SMILES string of the molecule is CCNc1cccc(Nc2ccccc2Cl)n1. The molecule has 4 heteroatoms. The van der Waals surface area contributed by atoms with Gasteiger partial charge in [-0.1, -0.05) is 29.8 Å². The lowest BCUT2D eigenvalue weighted by Gasteiger charge is -2.09. The van der Waals surface area contributed by atoms with Crippen LogP contribution >= 0.6 is 11.6 Å². The van der Waals surface area contributed by atoms with Gasteiger partial charge in [-0.3, -0.25) is 0 Å². The maximum absolute atomic E-state index is 6.07. The van der Waals surface area contributed by atoms with E-state index in [-0.39, 0.29) is 0 Å². The van der Waals surface area contributed by atoms with Gasteiger partial charge >= 0.3 is 0 Å². The van der Waals surface area contributed by atoms with E-state index in [0.29, 0.717) is 5.02 Å². The molecule has 0 aliphatic rings. The molecule has 0 aliphatic carbocycles. The van der Waals surface area contributed by atoms with Crippen molar-refractivity contribution in [2.45, 2.75) is 6.92 Å². The first-order chi connectivity index (χ1) is 8.29. The van der Waals surface area contributed by atoms with Crippen LogP contribution in [0, 0.1) is 0 Å². The van der Waals surface area contributed by atoms with Crippen LogP contribution in [0.5, 0.6) is 0 Å². The van der Waals surface area contributed by atoms with Crippen LogP contribution in [0.25, 0.3) is 0 Å². The average Bonchev–Trinajstić information content (AvgIpc) is 2.33. The third kappa shape index (κ3) is 3.11. The topological polar surface area (TPSA) is 37.0 Å². The Hall–Kier alpha value is -1.74. The number of nitrogens with zero attached hydrogens (tertiary/aromatic N) is 1. The lowest BCUT2D eigenvalue weighted by Crippen LogP contribution is -2.01. The van der Waals surface area contributed by atoms with Crippen molar-refractivity contribution in [3.8, 4) is 0 Å². The van der Waals surface area contributed by atoms with Gasteiger partial charge in [-0.25, -0.2) is 4.98 Å². The van der Waals surface area contributed by atoms with Crippen molar-refractivity contribution >= 4 is 28.9 Å². The molecule has 2 N–H and O–H groups in total. The Labute approximate surface area is 106 Å². The Balaban J connectivity index is 2.18. The van der Waals surface area contributed by atoms with Crippen LogP contribution < -0.4 is 10.6 Å². The number of hydrogen-bond donors (Lipinski definition) is 2. The van der Waals surface area contributed by atoms with Crippen molar-refractivity contribution < 1.29 is 0 Å². The van der Waals surface area contributed by atoms with E-state index in [1.807, 2.05) is 49.4 Å². The normalized spacial score (nSPS) is 10.0. The smallest absolute Gasteiger partial charge is 0.132 e. The first-order valence-corrected chi connectivity index (χ1v) is 5.90. The van der Waals surface area contributed by atoms with Crippen molar-refractivity contribution in [2.24, 2.45) is 0 Å². The fourth-order valence-electron chi connectivity index (χ4n) is 1.48. The molecule has 0 spiro atoms. The lowest BCUT2D eigenvalue weighted by molar-refractivity contribution is 1.16. The number of para-hydroxylation sites is 1. The highest BCUT2D eigenvalue weighted by Crippen LogP contribution is 2.24. The molecule has 1 heterocycles. The summed E-state index contributed by atoms with van der Waals surface area (Å²) < 4.78 is 0. The Morgan fingerprint density at radius 2 is 1.82 bits per heavy atom. The van der Waals surface area contributed by atoms with Gasteiger partial charge in [-0.2, -0.15) is 0 Å². The van der Waals surface area contributed by atoms with Gasteiger partial charge in [0.05, 0.1) is 10.7 Å². The van der Waals surface area contributed by atoms with Crippen molar-refractivity contribution in [1.82, 2.24) is 4.98 Å². The van der Waals surface area contributed by atoms with E-state index in [4.69, 9.17) is 11.6 Å². The van der Waals surface area contributed by atoms with Crippen LogP contribution in [0.1, 0.15) is 6.92 Å². The summed E-state index contributed by atoms with van der Waals surface area (Å²) in [5.74, 6) is 1.63. The second kappa shape index (κ2) is 5.55.